The summed E-state index contributed by atoms with van der Waals surface area (Å²) in [4.78, 5) is 26.6. The van der Waals surface area contributed by atoms with Crippen LogP contribution in [0.1, 0.15) is 30.5 Å². The summed E-state index contributed by atoms with van der Waals surface area (Å²) in [6.45, 7) is 7.39. The molecule has 0 saturated carbocycles. The fourth-order valence-corrected chi connectivity index (χ4v) is 3.21. The van der Waals surface area contributed by atoms with Crippen molar-refractivity contribution in [1.82, 2.24) is 10.3 Å². The van der Waals surface area contributed by atoms with Gasteiger partial charge in [0.15, 0.2) is 0 Å². The Kier molecular flexibility index (Phi) is 5.36. The maximum absolute atomic E-state index is 12.3. The molecule has 0 fully saturated rings. The molecular formula is C23H25N3O2. The maximum atomic E-state index is 12.3. The lowest BCUT2D eigenvalue weighted by molar-refractivity contribution is -0.124. The highest BCUT2D eigenvalue weighted by atomic mass is 16.2. The molecule has 4 N–H and O–H groups in total. The third kappa shape index (κ3) is 3.98. The molecule has 0 unspecified atom stereocenters. The van der Waals surface area contributed by atoms with Crippen LogP contribution in [0.5, 0.6) is 0 Å². The molecule has 0 saturated heterocycles. The second-order valence-corrected chi connectivity index (χ2v) is 7.23. The Bertz CT molecular complexity index is 1090. The van der Waals surface area contributed by atoms with Gasteiger partial charge >= 0.3 is 0 Å². The van der Waals surface area contributed by atoms with Crippen LogP contribution in [-0.4, -0.2) is 22.8 Å². The number of carbonyl (C=O) groups is 2. The molecule has 1 aromatic heterocycles. The molecule has 5 nitrogen and oxygen atoms in total. The van der Waals surface area contributed by atoms with Crippen LogP contribution in [0.25, 0.3) is 28.1 Å². The number of aromatic amines is 1. The molecule has 0 radical (unpaired) electrons. The van der Waals surface area contributed by atoms with E-state index in [1.165, 1.54) is 10.9 Å². The summed E-state index contributed by atoms with van der Waals surface area (Å²) in [7, 11) is 0. The maximum Gasteiger partial charge on any atom is 0.247 e. The van der Waals surface area contributed by atoms with Crippen molar-refractivity contribution in [1.29, 1.82) is 0 Å². The van der Waals surface area contributed by atoms with Crippen LogP contribution in [0.15, 0.2) is 48.2 Å². The monoisotopic (exact) mass is 375 g/mol. The number of nitrogens with one attached hydrogen (secondary N) is 2. The first-order valence-corrected chi connectivity index (χ1v) is 9.23. The SMILES string of the molecule is C/C(=C\c1cc(C)c(-c2ccc3[nH]ccc3c2)cc1C)C(=O)N[C@@H](C)C(N)=O. The number of H-pyrrole nitrogens is 1. The van der Waals surface area contributed by atoms with Gasteiger partial charge in [0.2, 0.25) is 11.8 Å². The van der Waals surface area contributed by atoms with Gasteiger partial charge in [-0.2, -0.15) is 0 Å². The normalized spacial score (nSPS) is 12.8. The van der Waals surface area contributed by atoms with Crippen LogP contribution < -0.4 is 11.1 Å². The number of carbonyl (C=O) groups excluding carboxylic acids is 2. The van der Waals surface area contributed by atoms with E-state index in [9.17, 15) is 9.59 Å². The summed E-state index contributed by atoms with van der Waals surface area (Å²) in [6.07, 6.45) is 3.78. The molecule has 1 heterocycles. The van der Waals surface area contributed by atoms with Crippen molar-refractivity contribution >= 4 is 28.8 Å². The molecule has 3 aromatic rings. The predicted octanol–water partition coefficient (Wildman–Crippen LogP) is 3.85. The molecule has 5 heteroatoms. The number of fused-ring (bicyclic) bond motifs is 1. The van der Waals surface area contributed by atoms with Gasteiger partial charge in [-0.3, -0.25) is 9.59 Å². The van der Waals surface area contributed by atoms with Crippen molar-refractivity contribution in [3.8, 4) is 11.1 Å². The minimum Gasteiger partial charge on any atom is -0.368 e. The van der Waals surface area contributed by atoms with Crippen LogP contribution in [0.2, 0.25) is 0 Å². The number of aryl methyl sites for hydroxylation is 2. The molecule has 0 aliphatic heterocycles. The van der Waals surface area contributed by atoms with Crippen molar-refractivity contribution in [2.75, 3.05) is 0 Å². The average molecular weight is 375 g/mol. The Hall–Kier alpha value is -3.34. The fraction of sp³-hybridized carbons (Fsp3) is 0.217. The third-order valence-corrected chi connectivity index (χ3v) is 4.98. The van der Waals surface area contributed by atoms with Crippen LogP contribution in [-0.2, 0) is 9.59 Å². The van der Waals surface area contributed by atoms with E-state index in [1.807, 2.05) is 19.2 Å². The number of nitrogens with two attached hydrogens (primary N) is 1. The molecule has 0 aliphatic carbocycles. The van der Waals surface area contributed by atoms with E-state index in [-0.39, 0.29) is 5.91 Å². The van der Waals surface area contributed by atoms with E-state index in [2.05, 4.69) is 53.6 Å². The van der Waals surface area contributed by atoms with Crippen LogP contribution in [0.3, 0.4) is 0 Å². The summed E-state index contributed by atoms with van der Waals surface area (Å²) in [5, 5.41) is 3.78. The van der Waals surface area contributed by atoms with Gasteiger partial charge < -0.3 is 16.0 Å². The lowest BCUT2D eigenvalue weighted by Gasteiger charge is -2.13. The second kappa shape index (κ2) is 7.72. The highest BCUT2D eigenvalue weighted by Gasteiger charge is 2.14. The van der Waals surface area contributed by atoms with Gasteiger partial charge in [0.25, 0.3) is 0 Å². The Morgan fingerprint density at radius 3 is 2.57 bits per heavy atom. The first-order chi connectivity index (χ1) is 13.3. The molecule has 0 aliphatic rings. The predicted molar refractivity (Wildman–Crippen MR) is 114 cm³/mol. The van der Waals surface area contributed by atoms with Crippen molar-refractivity contribution in [3.05, 3.63) is 64.9 Å². The number of hydrogen-bond acceptors (Lipinski definition) is 2. The summed E-state index contributed by atoms with van der Waals surface area (Å²) in [5.41, 5.74) is 12.4. The van der Waals surface area contributed by atoms with Gasteiger partial charge in [-0.05, 0) is 85.2 Å². The third-order valence-electron chi connectivity index (χ3n) is 4.98. The van der Waals surface area contributed by atoms with E-state index in [1.54, 1.807) is 13.8 Å². The molecule has 3 rings (SSSR count). The quantitative estimate of drug-likeness (QED) is 0.592. The number of rotatable bonds is 5. The molecule has 144 valence electrons. The van der Waals surface area contributed by atoms with E-state index in [4.69, 9.17) is 5.73 Å². The molecule has 2 amide bonds. The smallest absolute Gasteiger partial charge is 0.247 e. The standard InChI is InChI=1S/C23H25N3O2/c1-13-11-20(17-5-6-21-18(12-17)7-8-25-21)14(2)9-19(13)10-15(3)23(28)26-16(4)22(24)27/h5-12,16,25H,1-4H3,(H2,24,27)(H,26,28)/b15-10+/t16-/m0/s1. The summed E-state index contributed by atoms with van der Waals surface area (Å²) in [5.74, 6) is -0.859. The molecule has 28 heavy (non-hydrogen) atoms. The summed E-state index contributed by atoms with van der Waals surface area (Å²) < 4.78 is 0. The van der Waals surface area contributed by atoms with Crippen LogP contribution in [0.4, 0.5) is 0 Å². The van der Waals surface area contributed by atoms with Crippen molar-refractivity contribution in [3.63, 3.8) is 0 Å². The van der Waals surface area contributed by atoms with Gasteiger partial charge in [0.1, 0.15) is 6.04 Å². The van der Waals surface area contributed by atoms with Gasteiger partial charge in [-0.25, -0.2) is 0 Å². The van der Waals surface area contributed by atoms with Gasteiger partial charge in [-0.15, -0.1) is 0 Å². The average Bonchev–Trinajstić information content (AvgIpc) is 3.11. The molecule has 1 atom stereocenters. The van der Waals surface area contributed by atoms with Gasteiger partial charge in [-0.1, -0.05) is 18.2 Å². The van der Waals surface area contributed by atoms with E-state index >= 15 is 0 Å². The van der Waals surface area contributed by atoms with Crippen LogP contribution >= 0.6 is 0 Å². The highest BCUT2D eigenvalue weighted by molar-refractivity contribution is 5.99. The minimum absolute atomic E-state index is 0.301. The van der Waals surface area contributed by atoms with Crippen molar-refractivity contribution < 1.29 is 9.59 Å². The van der Waals surface area contributed by atoms with Gasteiger partial charge in [0.05, 0.1) is 0 Å². The Morgan fingerprint density at radius 1 is 1.11 bits per heavy atom. The van der Waals surface area contributed by atoms with E-state index in [0.717, 1.165) is 27.8 Å². The lowest BCUT2D eigenvalue weighted by Crippen LogP contribution is -2.42. The van der Waals surface area contributed by atoms with Crippen LogP contribution in [0, 0.1) is 13.8 Å². The number of benzene rings is 2. The lowest BCUT2D eigenvalue weighted by atomic mass is 9.93. The zero-order valence-electron chi connectivity index (χ0n) is 16.6. The number of amides is 2. The zero-order valence-corrected chi connectivity index (χ0v) is 16.6. The summed E-state index contributed by atoms with van der Waals surface area (Å²) >= 11 is 0. The number of aromatic nitrogens is 1. The minimum atomic E-state index is -0.704. The first-order valence-electron chi connectivity index (χ1n) is 9.23. The van der Waals surface area contributed by atoms with E-state index < -0.39 is 11.9 Å². The fourth-order valence-electron chi connectivity index (χ4n) is 3.21. The molecule has 0 spiro atoms. The Morgan fingerprint density at radius 2 is 1.86 bits per heavy atom. The number of hydrogen-bond donors (Lipinski definition) is 3. The highest BCUT2D eigenvalue weighted by Crippen LogP contribution is 2.30. The molecule has 2 aromatic carbocycles. The Labute approximate surface area is 164 Å². The van der Waals surface area contributed by atoms with Crippen molar-refractivity contribution in [2.45, 2.75) is 33.7 Å². The molecular weight excluding hydrogens is 350 g/mol. The second-order valence-electron chi connectivity index (χ2n) is 7.23. The number of primary amides is 1. The van der Waals surface area contributed by atoms with Gasteiger partial charge in [0, 0.05) is 17.3 Å². The largest absolute Gasteiger partial charge is 0.368 e. The zero-order chi connectivity index (χ0) is 20.4. The Balaban J connectivity index is 1.91. The van der Waals surface area contributed by atoms with Crippen molar-refractivity contribution in [2.24, 2.45) is 5.73 Å². The first kappa shape index (κ1) is 19.4. The molecule has 0 bridgehead atoms. The van der Waals surface area contributed by atoms with E-state index in [0.29, 0.717) is 5.57 Å². The summed E-state index contributed by atoms with van der Waals surface area (Å²) in [6, 6.07) is 12.0. The topological polar surface area (TPSA) is 88.0 Å².